The maximum atomic E-state index is 13.1. The van der Waals surface area contributed by atoms with Crippen LogP contribution >= 0.6 is 0 Å². The van der Waals surface area contributed by atoms with Crippen LogP contribution in [0.4, 0.5) is 19.0 Å². The third-order valence-electron chi connectivity index (χ3n) is 5.21. The zero-order chi connectivity index (χ0) is 23.0. The number of benzene rings is 2. The van der Waals surface area contributed by atoms with Crippen LogP contribution in [0.2, 0.25) is 0 Å². The van der Waals surface area contributed by atoms with Gasteiger partial charge in [-0.15, -0.1) is 0 Å². The van der Waals surface area contributed by atoms with Crippen molar-refractivity contribution in [2.75, 3.05) is 19.9 Å². The fourth-order valence-electron chi connectivity index (χ4n) is 3.60. The highest BCUT2D eigenvalue weighted by Gasteiger charge is 2.31. The maximum Gasteiger partial charge on any atom is 0.416 e. The molecule has 10 heteroatoms. The molecule has 2 N–H and O–H groups in total. The van der Waals surface area contributed by atoms with Gasteiger partial charge in [0, 0.05) is 26.3 Å². The molecule has 7 nitrogen and oxygen atoms in total. The average molecular weight is 443 g/mol. The Morgan fingerprint density at radius 3 is 2.66 bits per heavy atom. The van der Waals surface area contributed by atoms with E-state index in [4.69, 9.17) is 10.5 Å². The molecule has 0 saturated carbocycles. The van der Waals surface area contributed by atoms with Crippen LogP contribution in [0.3, 0.4) is 0 Å². The number of alkyl halides is 3. The van der Waals surface area contributed by atoms with Gasteiger partial charge in [-0.1, -0.05) is 6.07 Å². The molecule has 0 aliphatic heterocycles. The monoisotopic (exact) mass is 443 g/mol. The Morgan fingerprint density at radius 1 is 1.16 bits per heavy atom. The van der Waals surface area contributed by atoms with Gasteiger partial charge in [0.05, 0.1) is 35.7 Å². The third-order valence-corrected chi connectivity index (χ3v) is 5.21. The minimum absolute atomic E-state index is 0.00294. The minimum atomic E-state index is -4.45. The second-order valence-electron chi connectivity index (χ2n) is 7.42. The van der Waals surface area contributed by atoms with Crippen LogP contribution in [0.1, 0.15) is 27.0 Å². The summed E-state index contributed by atoms with van der Waals surface area (Å²) in [7, 11) is 3.00. The zero-order valence-corrected chi connectivity index (χ0v) is 17.3. The van der Waals surface area contributed by atoms with E-state index in [1.165, 1.54) is 18.1 Å². The van der Waals surface area contributed by atoms with Crippen molar-refractivity contribution in [1.82, 2.24) is 19.3 Å². The number of methoxy groups -OCH3 is 1. The van der Waals surface area contributed by atoms with Crippen LogP contribution in [0.15, 0.2) is 48.9 Å². The number of nitrogens with two attached hydrogens (primary N) is 1. The van der Waals surface area contributed by atoms with Gasteiger partial charge in [0.25, 0.3) is 5.91 Å². The molecule has 2 heterocycles. The molecule has 0 radical (unpaired) electrons. The summed E-state index contributed by atoms with van der Waals surface area (Å²) in [6, 6.07) is 8.47. The van der Waals surface area contributed by atoms with Gasteiger partial charge < -0.3 is 15.4 Å². The number of ether oxygens (including phenoxy) is 1. The smallest absolute Gasteiger partial charge is 0.382 e. The van der Waals surface area contributed by atoms with Crippen molar-refractivity contribution < 1.29 is 22.7 Å². The summed E-state index contributed by atoms with van der Waals surface area (Å²) in [6.07, 6.45) is -1.28. The number of anilines is 1. The van der Waals surface area contributed by atoms with Gasteiger partial charge in [0.1, 0.15) is 11.3 Å². The molecule has 2 aromatic heterocycles. The van der Waals surface area contributed by atoms with Crippen molar-refractivity contribution in [3.05, 3.63) is 71.2 Å². The Morgan fingerprint density at radius 2 is 1.94 bits per heavy atom. The summed E-state index contributed by atoms with van der Waals surface area (Å²) in [5, 5.41) is 0. The van der Waals surface area contributed by atoms with Crippen molar-refractivity contribution in [1.29, 1.82) is 0 Å². The fourth-order valence-corrected chi connectivity index (χ4v) is 3.60. The van der Waals surface area contributed by atoms with Crippen molar-refractivity contribution in [2.45, 2.75) is 19.3 Å². The topological polar surface area (TPSA) is 85.8 Å². The highest BCUT2D eigenvalue weighted by molar-refractivity contribution is 5.98. The van der Waals surface area contributed by atoms with Crippen LogP contribution in [-0.2, 0) is 24.1 Å². The van der Waals surface area contributed by atoms with Crippen molar-refractivity contribution in [2.24, 2.45) is 0 Å². The van der Waals surface area contributed by atoms with E-state index in [1.807, 2.05) is 0 Å². The Hall–Kier alpha value is -3.66. The summed E-state index contributed by atoms with van der Waals surface area (Å²) in [5.41, 5.74) is 8.45. The maximum absolute atomic E-state index is 13.1. The summed E-state index contributed by atoms with van der Waals surface area (Å²) in [6.45, 7) is 0.122. The first-order chi connectivity index (χ1) is 15.2. The Kier molecular flexibility index (Phi) is 5.47. The van der Waals surface area contributed by atoms with Crippen LogP contribution in [0.25, 0.3) is 16.6 Å². The Balaban J connectivity index is 1.64. The van der Waals surface area contributed by atoms with Crippen LogP contribution in [0.5, 0.6) is 0 Å². The molecular formula is C22H20F3N5O2. The first-order valence-electron chi connectivity index (χ1n) is 9.63. The number of carbonyl (C=O) groups excluding carboxylic acids is 1. The molecule has 0 fully saturated rings. The normalized spacial score (nSPS) is 11.9. The second-order valence-corrected chi connectivity index (χ2v) is 7.42. The van der Waals surface area contributed by atoms with E-state index in [-0.39, 0.29) is 19.1 Å². The quantitative estimate of drug-likeness (QED) is 0.506. The van der Waals surface area contributed by atoms with Gasteiger partial charge in [0.2, 0.25) is 0 Å². The highest BCUT2D eigenvalue weighted by Crippen LogP contribution is 2.31. The van der Waals surface area contributed by atoms with Crippen LogP contribution < -0.4 is 5.73 Å². The van der Waals surface area contributed by atoms with Crippen molar-refractivity contribution in [3.63, 3.8) is 0 Å². The summed E-state index contributed by atoms with van der Waals surface area (Å²) < 4.78 is 46.0. The molecule has 0 saturated heterocycles. The van der Waals surface area contributed by atoms with E-state index in [0.717, 1.165) is 12.1 Å². The second kappa shape index (κ2) is 8.12. The Bertz CT molecular complexity index is 1320. The number of carbonyl (C=O) groups is 1. The molecule has 2 aromatic carbocycles. The molecule has 0 bridgehead atoms. The van der Waals surface area contributed by atoms with E-state index in [0.29, 0.717) is 39.1 Å². The number of rotatable bonds is 5. The number of hydrogen-bond donors (Lipinski definition) is 1. The lowest BCUT2D eigenvalue weighted by atomic mass is 10.0. The summed E-state index contributed by atoms with van der Waals surface area (Å²) in [5.74, 6) is 0.0411. The molecular weight excluding hydrogens is 423 g/mol. The SMILES string of the molecule is COCc1cc(C(F)(F)F)ccc1CN(C)C(=O)c1ccc2nc(N)c3cncn3c2c1. The van der Waals surface area contributed by atoms with Gasteiger partial charge >= 0.3 is 6.18 Å². The lowest BCUT2D eigenvalue weighted by Gasteiger charge is -2.20. The lowest BCUT2D eigenvalue weighted by molar-refractivity contribution is -0.137. The molecule has 4 rings (SSSR count). The number of amides is 1. The van der Waals surface area contributed by atoms with E-state index in [1.54, 1.807) is 42.2 Å². The molecule has 4 aromatic rings. The standard InChI is InChI=1S/C22H20F3N5O2/c1-29(10-14-3-5-16(22(23,24)25)7-15(14)11-32-2)21(31)13-4-6-17-18(8-13)30-12-27-9-19(30)20(26)28-17/h3-9,12H,10-11H2,1-2H3,(H2,26,28). The predicted molar refractivity (Wildman–Crippen MR) is 113 cm³/mol. The Labute approximate surface area is 181 Å². The number of halogens is 3. The number of hydrogen-bond acceptors (Lipinski definition) is 5. The van der Waals surface area contributed by atoms with Gasteiger partial charge in [0.15, 0.2) is 0 Å². The first-order valence-corrected chi connectivity index (χ1v) is 9.63. The zero-order valence-electron chi connectivity index (χ0n) is 17.3. The molecule has 1 amide bonds. The molecule has 0 spiro atoms. The third kappa shape index (κ3) is 3.96. The van der Waals surface area contributed by atoms with Gasteiger partial charge in [-0.05, 0) is 41.5 Å². The number of fused-ring (bicyclic) bond motifs is 3. The number of nitrogen functional groups attached to an aromatic ring is 1. The first kappa shape index (κ1) is 21.6. The lowest BCUT2D eigenvalue weighted by Crippen LogP contribution is -2.27. The minimum Gasteiger partial charge on any atom is -0.382 e. The van der Waals surface area contributed by atoms with E-state index in [2.05, 4.69) is 9.97 Å². The van der Waals surface area contributed by atoms with Crippen molar-refractivity contribution >= 4 is 28.3 Å². The van der Waals surface area contributed by atoms with E-state index < -0.39 is 11.7 Å². The molecule has 32 heavy (non-hydrogen) atoms. The van der Waals surface area contributed by atoms with Crippen molar-refractivity contribution in [3.8, 4) is 0 Å². The molecule has 0 unspecified atom stereocenters. The number of aromatic nitrogens is 3. The van der Waals surface area contributed by atoms with E-state index >= 15 is 0 Å². The highest BCUT2D eigenvalue weighted by atomic mass is 19.4. The summed E-state index contributed by atoms with van der Waals surface area (Å²) in [4.78, 5) is 22.9. The predicted octanol–water partition coefficient (Wildman–Crippen LogP) is 3.90. The average Bonchev–Trinajstić information content (AvgIpc) is 3.25. The molecule has 0 atom stereocenters. The van der Waals surface area contributed by atoms with Crippen LogP contribution in [0, 0.1) is 0 Å². The fraction of sp³-hybridized carbons (Fsp3) is 0.227. The molecule has 0 aliphatic carbocycles. The number of nitrogens with zero attached hydrogens (tertiary/aromatic N) is 4. The van der Waals surface area contributed by atoms with Gasteiger partial charge in [-0.3, -0.25) is 9.20 Å². The summed E-state index contributed by atoms with van der Waals surface area (Å²) >= 11 is 0. The van der Waals surface area contributed by atoms with Gasteiger partial charge in [-0.2, -0.15) is 13.2 Å². The molecule has 0 aliphatic rings. The van der Waals surface area contributed by atoms with Crippen LogP contribution in [-0.4, -0.2) is 39.3 Å². The number of imidazole rings is 1. The van der Waals surface area contributed by atoms with E-state index in [9.17, 15) is 18.0 Å². The van der Waals surface area contributed by atoms with Gasteiger partial charge in [-0.25, -0.2) is 9.97 Å². The largest absolute Gasteiger partial charge is 0.416 e. The molecule has 166 valence electrons.